The molecule has 0 radical (unpaired) electrons. The van der Waals surface area contributed by atoms with Crippen LogP contribution in [0.2, 0.25) is 0 Å². The van der Waals surface area contributed by atoms with Crippen molar-refractivity contribution in [1.82, 2.24) is 0 Å². The second kappa shape index (κ2) is 7.49. The summed E-state index contributed by atoms with van der Waals surface area (Å²) >= 11 is -0.999. The van der Waals surface area contributed by atoms with E-state index in [0.717, 1.165) is 5.69 Å². The number of nitrogens with one attached hydrogen (secondary N) is 1. The maximum atomic E-state index is 12.2. The van der Waals surface area contributed by atoms with Crippen molar-refractivity contribution in [3.8, 4) is 5.75 Å². The van der Waals surface area contributed by atoms with Gasteiger partial charge < -0.3 is 0 Å². The number of phenolic OH excluding ortho intramolecular Hbond substituents is 1. The molecule has 2 aromatic carbocycles. The van der Waals surface area contributed by atoms with Crippen LogP contribution in [-0.4, -0.2) is 34.9 Å². The Balaban J connectivity index is 1.68. The van der Waals surface area contributed by atoms with Crippen LogP contribution < -0.4 is 9.67 Å². The van der Waals surface area contributed by atoms with Gasteiger partial charge in [-0.05, 0) is 0 Å². The Morgan fingerprint density at radius 3 is 2.41 bits per heavy atom. The number of amides is 1. The summed E-state index contributed by atoms with van der Waals surface area (Å²) in [5.41, 5.74) is 1.05. The number of phenols is 1. The van der Waals surface area contributed by atoms with Gasteiger partial charge in [0, 0.05) is 0 Å². The van der Waals surface area contributed by atoms with Gasteiger partial charge in [0.15, 0.2) is 0 Å². The topological polar surface area (TPSA) is 49.3 Å². The van der Waals surface area contributed by atoms with E-state index in [2.05, 4.69) is 37.5 Å². The Bertz CT molecular complexity index is 657. The minimum absolute atomic E-state index is 0.000552. The molecule has 1 heterocycles. The van der Waals surface area contributed by atoms with Crippen LogP contribution in [0.15, 0.2) is 48.5 Å². The van der Waals surface area contributed by atoms with E-state index in [1.54, 1.807) is 18.2 Å². The van der Waals surface area contributed by atoms with Crippen LogP contribution in [0.1, 0.15) is 16.8 Å². The van der Waals surface area contributed by atoms with Gasteiger partial charge in [0.2, 0.25) is 0 Å². The number of rotatable bonds is 3. The van der Waals surface area contributed by atoms with Gasteiger partial charge in [-0.25, -0.2) is 0 Å². The predicted octanol–water partition coefficient (Wildman–Crippen LogP) is 3.21. The molecule has 0 saturated carbocycles. The van der Waals surface area contributed by atoms with Gasteiger partial charge in [-0.3, -0.25) is 0 Å². The first kappa shape index (κ1) is 15.8. The zero-order valence-corrected chi connectivity index (χ0v) is 15.4. The molecule has 1 saturated heterocycles. The van der Waals surface area contributed by atoms with Crippen LogP contribution in [-0.2, 0) is 0 Å². The van der Waals surface area contributed by atoms with Crippen LogP contribution in [0.3, 0.4) is 0 Å². The zero-order valence-electron chi connectivity index (χ0n) is 11.9. The molecule has 0 unspecified atom stereocenters. The summed E-state index contributed by atoms with van der Waals surface area (Å²) in [6, 6.07) is 14.7. The van der Waals surface area contributed by atoms with Crippen molar-refractivity contribution in [2.45, 2.75) is 6.42 Å². The third kappa shape index (κ3) is 3.83. The average Bonchev–Trinajstić information content (AvgIpc) is 2.57. The molecule has 0 aliphatic carbocycles. The Kier molecular flexibility index (Phi) is 5.40. The van der Waals surface area contributed by atoms with Gasteiger partial charge in [-0.15, -0.1) is 0 Å². The number of benzene rings is 2. The molecule has 0 aromatic heterocycles. The van der Waals surface area contributed by atoms with Gasteiger partial charge in [0.1, 0.15) is 0 Å². The van der Waals surface area contributed by atoms with Gasteiger partial charge >= 0.3 is 141 Å². The molecule has 6 heteroatoms. The standard InChI is InChI=1S/C16H16AsNO2S2/c19-15-5-2-1-4-14(15)16(20)18-13-8-6-12(7-9-13)17-21-10-3-11-22-17/h1-2,4-9,19H,3,10-11H2,(H,18,20). The second-order valence-corrected chi connectivity index (χ2v) is 16.5. The summed E-state index contributed by atoms with van der Waals surface area (Å²) < 4.78 is 1.43. The Morgan fingerprint density at radius 1 is 1.05 bits per heavy atom. The molecular formula is C16H16AsNO2S2. The van der Waals surface area contributed by atoms with E-state index in [1.165, 1.54) is 28.3 Å². The quantitative estimate of drug-likeness (QED) is 0.787. The number of hydrogen-bond donors (Lipinski definition) is 2. The fraction of sp³-hybridized carbons (Fsp3) is 0.188. The summed E-state index contributed by atoms with van der Waals surface area (Å²) in [5.74, 6) is 2.27. The van der Waals surface area contributed by atoms with Crippen LogP contribution in [0.4, 0.5) is 5.69 Å². The molecule has 0 atom stereocenters. The van der Waals surface area contributed by atoms with Crippen molar-refractivity contribution in [3.05, 3.63) is 54.1 Å². The molecule has 22 heavy (non-hydrogen) atoms. The fourth-order valence-electron chi connectivity index (χ4n) is 2.07. The molecule has 3 rings (SSSR count). The molecule has 2 N–H and O–H groups in total. The number of carbonyl (C=O) groups excluding carboxylic acids is 1. The first-order valence-electron chi connectivity index (χ1n) is 6.99. The minimum atomic E-state index is -0.999. The van der Waals surface area contributed by atoms with Crippen molar-refractivity contribution in [2.75, 3.05) is 16.8 Å². The molecule has 2 aromatic rings. The number of aromatic hydroxyl groups is 1. The molecule has 1 aliphatic heterocycles. The van der Waals surface area contributed by atoms with E-state index in [4.69, 9.17) is 0 Å². The van der Waals surface area contributed by atoms with Gasteiger partial charge in [-0.1, -0.05) is 0 Å². The predicted molar refractivity (Wildman–Crippen MR) is 97.4 cm³/mol. The van der Waals surface area contributed by atoms with Crippen LogP contribution in [0, 0.1) is 0 Å². The number of carbonyl (C=O) groups is 1. The number of anilines is 1. The van der Waals surface area contributed by atoms with Gasteiger partial charge in [0.05, 0.1) is 0 Å². The average molecular weight is 393 g/mol. The van der Waals surface area contributed by atoms with Crippen molar-refractivity contribution in [1.29, 1.82) is 0 Å². The van der Waals surface area contributed by atoms with Crippen molar-refractivity contribution in [2.24, 2.45) is 0 Å². The Morgan fingerprint density at radius 2 is 1.73 bits per heavy atom. The first-order valence-corrected chi connectivity index (χ1v) is 14.4. The molecular weight excluding hydrogens is 377 g/mol. The third-order valence-electron chi connectivity index (χ3n) is 3.19. The van der Waals surface area contributed by atoms with E-state index < -0.39 is 12.3 Å². The SMILES string of the molecule is O=C(Nc1ccc([As]2SCCCS2)cc1)c1ccccc1O. The normalized spacial score (nSPS) is 15.5. The van der Waals surface area contributed by atoms with Crippen molar-refractivity contribution >= 4 is 48.3 Å². The molecule has 0 spiro atoms. The van der Waals surface area contributed by atoms with Crippen molar-refractivity contribution in [3.63, 3.8) is 0 Å². The van der Waals surface area contributed by atoms with Crippen LogP contribution in [0.25, 0.3) is 0 Å². The summed E-state index contributed by atoms with van der Waals surface area (Å²) in [6.07, 6.45) is 1.31. The van der Waals surface area contributed by atoms with Gasteiger partial charge in [-0.2, -0.15) is 0 Å². The van der Waals surface area contributed by atoms with E-state index in [0.29, 0.717) is 5.56 Å². The maximum absolute atomic E-state index is 12.2. The van der Waals surface area contributed by atoms with Crippen LogP contribution >= 0.6 is 20.0 Å². The van der Waals surface area contributed by atoms with E-state index in [9.17, 15) is 9.90 Å². The Labute approximate surface area is 141 Å². The first-order chi connectivity index (χ1) is 10.7. The molecule has 0 bridgehead atoms. The number of hydrogen-bond acceptors (Lipinski definition) is 4. The second-order valence-electron chi connectivity index (χ2n) is 4.80. The third-order valence-corrected chi connectivity index (χ3v) is 16.8. The molecule has 3 nitrogen and oxygen atoms in total. The molecule has 1 amide bonds. The summed E-state index contributed by atoms with van der Waals surface area (Å²) in [5, 5.41) is 12.5. The fourth-order valence-corrected chi connectivity index (χ4v) is 15.1. The van der Waals surface area contributed by atoms with E-state index in [1.807, 2.05) is 12.1 Å². The van der Waals surface area contributed by atoms with Crippen molar-refractivity contribution < 1.29 is 9.90 Å². The van der Waals surface area contributed by atoms with Crippen LogP contribution in [0.5, 0.6) is 5.75 Å². The molecule has 1 fully saturated rings. The zero-order chi connectivity index (χ0) is 15.4. The summed E-state index contributed by atoms with van der Waals surface area (Å²) in [6.45, 7) is 0. The van der Waals surface area contributed by atoms with E-state index in [-0.39, 0.29) is 11.7 Å². The summed E-state index contributed by atoms with van der Waals surface area (Å²) in [7, 11) is 4.25. The summed E-state index contributed by atoms with van der Waals surface area (Å²) in [4.78, 5) is 12.2. The molecule has 114 valence electrons. The van der Waals surface area contributed by atoms with E-state index >= 15 is 0 Å². The number of para-hydroxylation sites is 1. The Hall–Kier alpha value is -1.03. The van der Waals surface area contributed by atoms with Gasteiger partial charge in [0.25, 0.3) is 0 Å². The monoisotopic (exact) mass is 393 g/mol. The molecule has 1 aliphatic rings.